The first-order valence-corrected chi connectivity index (χ1v) is 7.62. The van der Waals surface area contributed by atoms with E-state index >= 15 is 0 Å². The zero-order valence-corrected chi connectivity index (χ0v) is 13.1. The number of anilines is 1. The van der Waals surface area contributed by atoms with Crippen molar-refractivity contribution in [3.05, 3.63) is 35.1 Å². The highest BCUT2D eigenvalue weighted by atomic mass is 32.1. The standard InChI is InChI=1S/C15H20N4OS/c1-11-8-9-18(10-13(11)20-2)14-16-17-15(21)19(14)12-6-4-3-5-7-12/h3-7,11,13H,8-10H2,1-2H3,(H,17,21). The van der Waals surface area contributed by atoms with E-state index in [-0.39, 0.29) is 6.10 Å². The molecule has 6 heteroatoms. The molecule has 2 heterocycles. The highest BCUT2D eigenvalue weighted by Gasteiger charge is 2.28. The number of nitrogens with one attached hydrogen (secondary N) is 1. The second-order valence-corrected chi connectivity index (χ2v) is 5.87. The second-order valence-electron chi connectivity index (χ2n) is 5.49. The van der Waals surface area contributed by atoms with E-state index < -0.39 is 0 Å². The molecule has 1 aliphatic heterocycles. The van der Waals surface area contributed by atoms with E-state index in [1.165, 1.54) is 0 Å². The minimum Gasteiger partial charge on any atom is -0.379 e. The molecule has 0 radical (unpaired) electrons. The molecule has 1 fully saturated rings. The number of aromatic nitrogens is 3. The Morgan fingerprint density at radius 2 is 2.10 bits per heavy atom. The molecule has 2 unspecified atom stereocenters. The Hall–Kier alpha value is -1.66. The summed E-state index contributed by atoms with van der Waals surface area (Å²) in [4.78, 5) is 2.24. The minimum atomic E-state index is 0.230. The highest BCUT2D eigenvalue weighted by molar-refractivity contribution is 7.71. The fourth-order valence-corrected chi connectivity index (χ4v) is 3.07. The van der Waals surface area contributed by atoms with Gasteiger partial charge in [0.2, 0.25) is 10.7 Å². The van der Waals surface area contributed by atoms with Gasteiger partial charge in [-0.15, -0.1) is 5.10 Å². The lowest BCUT2D eigenvalue weighted by molar-refractivity contribution is 0.0493. The Labute approximate surface area is 129 Å². The molecule has 1 N–H and O–H groups in total. The zero-order chi connectivity index (χ0) is 14.8. The maximum absolute atomic E-state index is 5.59. The van der Waals surface area contributed by atoms with Crippen molar-refractivity contribution in [2.24, 2.45) is 5.92 Å². The maximum atomic E-state index is 5.59. The summed E-state index contributed by atoms with van der Waals surface area (Å²) in [5.74, 6) is 1.43. The fraction of sp³-hybridized carbons (Fsp3) is 0.467. The predicted octanol–water partition coefficient (Wildman–Crippen LogP) is 2.79. The summed E-state index contributed by atoms with van der Waals surface area (Å²) in [7, 11) is 1.78. The summed E-state index contributed by atoms with van der Waals surface area (Å²) < 4.78 is 8.19. The van der Waals surface area contributed by atoms with Crippen LogP contribution in [-0.4, -0.2) is 41.1 Å². The van der Waals surface area contributed by atoms with Gasteiger partial charge in [0.05, 0.1) is 11.8 Å². The van der Waals surface area contributed by atoms with E-state index in [9.17, 15) is 0 Å². The fourth-order valence-electron chi connectivity index (χ4n) is 2.83. The molecule has 0 amide bonds. The smallest absolute Gasteiger partial charge is 0.230 e. The van der Waals surface area contributed by atoms with Crippen molar-refractivity contribution >= 4 is 18.2 Å². The van der Waals surface area contributed by atoms with E-state index in [0.29, 0.717) is 10.7 Å². The van der Waals surface area contributed by atoms with E-state index in [2.05, 4.69) is 22.0 Å². The molecule has 1 saturated heterocycles. The van der Waals surface area contributed by atoms with Crippen LogP contribution in [0.4, 0.5) is 5.95 Å². The van der Waals surface area contributed by atoms with Gasteiger partial charge in [0.25, 0.3) is 0 Å². The van der Waals surface area contributed by atoms with E-state index in [1.807, 2.05) is 34.9 Å². The number of ether oxygens (including phenoxy) is 1. The molecule has 0 spiro atoms. The Kier molecular flexibility index (Phi) is 4.07. The first-order chi connectivity index (χ1) is 10.2. The highest BCUT2D eigenvalue weighted by Crippen LogP contribution is 2.25. The summed E-state index contributed by atoms with van der Waals surface area (Å²) in [5, 5.41) is 7.34. The first kappa shape index (κ1) is 14.3. The van der Waals surface area contributed by atoms with Gasteiger partial charge in [-0.1, -0.05) is 25.1 Å². The third-order valence-corrected chi connectivity index (χ3v) is 4.42. The van der Waals surface area contributed by atoms with Crippen molar-refractivity contribution in [2.75, 3.05) is 25.1 Å². The summed E-state index contributed by atoms with van der Waals surface area (Å²) in [5.41, 5.74) is 1.03. The van der Waals surface area contributed by atoms with Gasteiger partial charge in [-0.05, 0) is 36.7 Å². The molecular formula is C15H20N4OS. The molecule has 2 aromatic rings. The Bertz CT molecular complexity index is 651. The van der Waals surface area contributed by atoms with Crippen LogP contribution in [0, 0.1) is 10.7 Å². The number of hydrogen-bond donors (Lipinski definition) is 1. The average molecular weight is 304 g/mol. The van der Waals surface area contributed by atoms with Crippen LogP contribution in [0.3, 0.4) is 0 Å². The van der Waals surface area contributed by atoms with Gasteiger partial charge in [-0.2, -0.15) is 0 Å². The number of hydrogen-bond acceptors (Lipinski definition) is 4. The summed E-state index contributed by atoms with van der Waals surface area (Å²) >= 11 is 5.39. The first-order valence-electron chi connectivity index (χ1n) is 7.21. The molecule has 0 bridgehead atoms. The van der Waals surface area contributed by atoms with Crippen molar-refractivity contribution in [3.63, 3.8) is 0 Å². The van der Waals surface area contributed by atoms with Crippen molar-refractivity contribution in [1.82, 2.24) is 14.8 Å². The minimum absolute atomic E-state index is 0.230. The number of H-pyrrole nitrogens is 1. The molecule has 0 saturated carbocycles. The number of piperidine rings is 1. The van der Waals surface area contributed by atoms with Crippen LogP contribution in [0.2, 0.25) is 0 Å². The second kappa shape index (κ2) is 5.99. The van der Waals surface area contributed by atoms with Gasteiger partial charge in [0.15, 0.2) is 0 Å². The van der Waals surface area contributed by atoms with Gasteiger partial charge < -0.3 is 9.64 Å². The van der Waals surface area contributed by atoms with Crippen LogP contribution in [0.25, 0.3) is 5.69 Å². The molecule has 0 aliphatic carbocycles. The summed E-state index contributed by atoms with van der Waals surface area (Å²) in [6.07, 6.45) is 1.32. The van der Waals surface area contributed by atoms with Crippen LogP contribution in [0.15, 0.2) is 30.3 Å². The Morgan fingerprint density at radius 3 is 2.81 bits per heavy atom. The van der Waals surface area contributed by atoms with Crippen LogP contribution < -0.4 is 4.90 Å². The van der Waals surface area contributed by atoms with Gasteiger partial charge in [-0.25, -0.2) is 5.10 Å². The third-order valence-electron chi connectivity index (χ3n) is 4.14. The van der Waals surface area contributed by atoms with Crippen LogP contribution in [-0.2, 0) is 4.74 Å². The number of para-hydroxylation sites is 1. The van der Waals surface area contributed by atoms with Gasteiger partial charge in [0, 0.05) is 20.2 Å². The van der Waals surface area contributed by atoms with Crippen molar-refractivity contribution in [2.45, 2.75) is 19.4 Å². The zero-order valence-electron chi connectivity index (χ0n) is 12.3. The van der Waals surface area contributed by atoms with E-state index in [4.69, 9.17) is 17.0 Å². The van der Waals surface area contributed by atoms with Gasteiger partial charge in [0.1, 0.15) is 0 Å². The molecule has 5 nitrogen and oxygen atoms in total. The van der Waals surface area contributed by atoms with Crippen molar-refractivity contribution in [1.29, 1.82) is 0 Å². The van der Waals surface area contributed by atoms with Crippen LogP contribution >= 0.6 is 12.2 Å². The number of benzene rings is 1. The largest absolute Gasteiger partial charge is 0.379 e. The lowest BCUT2D eigenvalue weighted by atomic mass is 9.96. The van der Waals surface area contributed by atoms with Gasteiger partial charge in [-0.3, -0.25) is 4.57 Å². The molecule has 21 heavy (non-hydrogen) atoms. The van der Waals surface area contributed by atoms with Crippen LogP contribution in [0.5, 0.6) is 0 Å². The molecule has 1 aromatic heterocycles. The number of rotatable bonds is 3. The molecule has 112 valence electrons. The monoisotopic (exact) mass is 304 g/mol. The molecule has 1 aromatic carbocycles. The molecule has 3 rings (SSSR count). The Balaban J connectivity index is 1.95. The Morgan fingerprint density at radius 1 is 1.33 bits per heavy atom. The number of nitrogens with zero attached hydrogens (tertiary/aromatic N) is 3. The van der Waals surface area contributed by atoms with E-state index in [0.717, 1.165) is 31.1 Å². The third kappa shape index (κ3) is 2.73. The van der Waals surface area contributed by atoms with Crippen LogP contribution in [0.1, 0.15) is 13.3 Å². The average Bonchev–Trinajstić information content (AvgIpc) is 2.90. The molecule has 1 aliphatic rings. The maximum Gasteiger partial charge on any atom is 0.230 e. The summed E-state index contributed by atoms with van der Waals surface area (Å²) in [6.45, 7) is 4.04. The molecule has 2 atom stereocenters. The van der Waals surface area contributed by atoms with Crippen molar-refractivity contribution in [3.8, 4) is 5.69 Å². The lowest BCUT2D eigenvalue weighted by Crippen LogP contribution is -2.44. The molecular weight excluding hydrogens is 284 g/mol. The topological polar surface area (TPSA) is 46.1 Å². The summed E-state index contributed by atoms with van der Waals surface area (Å²) in [6, 6.07) is 10.1. The number of aromatic amines is 1. The quantitative estimate of drug-likeness (QED) is 0.886. The van der Waals surface area contributed by atoms with Crippen molar-refractivity contribution < 1.29 is 4.74 Å². The normalized spacial score (nSPS) is 22.5. The predicted molar refractivity (Wildman–Crippen MR) is 85.5 cm³/mol. The SMILES string of the molecule is COC1CN(c2n[nH]c(=S)n2-c2ccccc2)CCC1C. The lowest BCUT2D eigenvalue weighted by Gasteiger charge is -2.36. The van der Waals surface area contributed by atoms with E-state index in [1.54, 1.807) is 7.11 Å². The number of methoxy groups -OCH3 is 1. The van der Waals surface area contributed by atoms with Gasteiger partial charge >= 0.3 is 0 Å².